The Morgan fingerprint density at radius 2 is 2.17 bits per heavy atom. The van der Waals surface area contributed by atoms with Gasteiger partial charge in [-0.3, -0.25) is 9.59 Å². The van der Waals surface area contributed by atoms with Crippen molar-refractivity contribution in [1.29, 1.82) is 0 Å². The largest absolute Gasteiger partial charge is 0.481 e. The fourth-order valence-electron chi connectivity index (χ4n) is 2.96. The first kappa shape index (κ1) is 15.0. The summed E-state index contributed by atoms with van der Waals surface area (Å²) >= 11 is 0. The van der Waals surface area contributed by atoms with Gasteiger partial charge >= 0.3 is 5.97 Å². The third-order valence-electron chi connectivity index (χ3n) is 3.86. The van der Waals surface area contributed by atoms with Crippen LogP contribution in [0, 0.1) is 11.8 Å². The summed E-state index contributed by atoms with van der Waals surface area (Å²) in [5.41, 5.74) is 0. The molecule has 5 nitrogen and oxygen atoms in total. The van der Waals surface area contributed by atoms with E-state index in [9.17, 15) is 14.7 Å². The summed E-state index contributed by atoms with van der Waals surface area (Å²) in [6, 6.07) is -0.314. The number of carboxylic acid groups (broad SMARTS) is 1. The second-order valence-electron chi connectivity index (χ2n) is 5.10. The monoisotopic (exact) mass is 257 g/mol. The van der Waals surface area contributed by atoms with E-state index in [4.69, 9.17) is 4.74 Å². The minimum absolute atomic E-state index is 0.0353. The Bertz CT molecular complexity index is 318. The average molecular weight is 257 g/mol. The first-order valence-corrected chi connectivity index (χ1v) is 6.46. The number of amides is 1. The number of nitrogens with zero attached hydrogens (tertiary/aromatic N) is 1. The summed E-state index contributed by atoms with van der Waals surface area (Å²) in [5, 5.41) is 9.30. The number of aliphatic carboxylic acids is 1. The van der Waals surface area contributed by atoms with Gasteiger partial charge < -0.3 is 14.7 Å². The van der Waals surface area contributed by atoms with E-state index in [2.05, 4.69) is 0 Å². The Morgan fingerprint density at radius 3 is 2.61 bits per heavy atom. The Morgan fingerprint density at radius 1 is 1.56 bits per heavy atom. The normalized spacial score (nSPS) is 30.3. The van der Waals surface area contributed by atoms with Gasteiger partial charge in [0.15, 0.2) is 0 Å². The molecule has 0 saturated carbocycles. The number of likely N-dealkylation sites (tertiary alicyclic amines) is 1. The molecule has 0 bridgehead atoms. The van der Waals surface area contributed by atoms with Gasteiger partial charge in [0, 0.05) is 19.6 Å². The van der Waals surface area contributed by atoms with E-state index in [1.54, 1.807) is 12.0 Å². The van der Waals surface area contributed by atoms with Gasteiger partial charge in [-0.1, -0.05) is 13.8 Å². The number of carbonyl (C=O) groups is 2. The van der Waals surface area contributed by atoms with Gasteiger partial charge in [0.1, 0.15) is 0 Å². The van der Waals surface area contributed by atoms with Crippen LogP contribution in [0.15, 0.2) is 0 Å². The first-order chi connectivity index (χ1) is 8.43. The lowest BCUT2D eigenvalue weighted by Gasteiger charge is -2.44. The zero-order chi connectivity index (χ0) is 13.9. The molecule has 4 unspecified atom stereocenters. The van der Waals surface area contributed by atoms with Crippen LogP contribution in [0.3, 0.4) is 0 Å². The van der Waals surface area contributed by atoms with Crippen molar-refractivity contribution in [2.75, 3.05) is 13.7 Å². The molecule has 0 aromatic heterocycles. The van der Waals surface area contributed by atoms with E-state index in [1.165, 1.54) is 0 Å². The minimum atomic E-state index is -0.820. The van der Waals surface area contributed by atoms with Gasteiger partial charge in [-0.15, -0.1) is 0 Å². The highest BCUT2D eigenvalue weighted by molar-refractivity contribution is 5.82. The van der Waals surface area contributed by atoms with Crippen LogP contribution >= 0.6 is 0 Å². The maximum Gasteiger partial charge on any atom is 0.308 e. The number of hydrogen-bond acceptors (Lipinski definition) is 3. The third-order valence-corrected chi connectivity index (χ3v) is 3.86. The zero-order valence-corrected chi connectivity index (χ0v) is 11.5. The number of piperidine rings is 1. The lowest BCUT2D eigenvalue weighted by molar-refractivity contribution is -0.158. The molecule has 18 heavy (non-hydrogen) atoms. The van der Waals surface area contributed by atoms with Gasteiger partial charge in [-0.05, 0) is 19.3 Å². The Labute approximate surface area is 108 Å². The molecule has 1 heterocycles. The van der Waals surface area contributed by atoms with Crippen LogP contribution in [0.25, 0.3) is 0 Å². The summed E-state index contributed by atoms with van der Waals surface area (Å²) in [5.74, 6) is -1.38. The molecule has 1 saturated heterocycles. The summed E-state index contributed by atoms with van der Waals surface area (Å²) in [7, 11) is 1.60. The van der Waals surface area contributed by atoms with Crippen LogP contribution in [0.1, 0.15) is 33.6 Å². The minimum Gasteiger partial charge on any atom is -0.481 e. The van der Waals surface area contributed by atoms with Gasteiger partial charge in [-0.25, -0.2) is 0 Å². The highest BCUT2D eigenvalue weighted by Crippen LogP contribution is 2.32. The number of methoxy groups -OCH3 is 1. The second-order valence-corrected chi connectivity index (χ2v) is 5.10. The molecule has 0 aromatic rings. The Kier molecular flexibility index (Phi) is 5.14. The second kappa shape index (κ2) is 6.18. The molecule has 1 fully saturated rings. The van der Waals surface area contributed by atoms with Crippen molar-refractivity contribution in [3.05, 3.63) is 0 Å². The van der Waals surface area contributed by atoms with Gasteiger partial charge in [0.05, 0.1) is 18.6 Å². The predicted molar refractivity (Wildman–Crippen MR) is 67.2 cm³/mol. The van der Waals surface area contributed by atoms with E-state index in [1.807, 2.05) is 20.8 Å². The third kappa shape index (κ3) is 2.83. The van der Waals surface area contributed by atoms with Crippen LogP contribution in [-0.4, -0.2) is 47.7 Å². The van der Waals surface area contributed by atoms with E-state index < -0.39 is 11.9 Å². The van der Waals surface area contributed by atoms with Crippen molar-refractivity contribution in [1.82, 2.24) is 4.90 Å². The molecule has 1 aliphatic rings. The number of carboxylic acids is 1. The summed E-state index contributed by atoms with van der Waals surface area (Å²) in [6.45, 7) is 6.09. The number of rotatable bonds is 5. The van der Waals surface area contributed by atoms with Gasteiger partial charge in [0.2, 0.25) is 5.91 Å². The molecule has 104 valence electrons. The topological polar surface area (TPSA) is 66.8 Å². The van der Waals surface area contributed by atoms with E-state index in [0.29, 0.717) is 13.0 Å². The maximum absolute atomic E-state index is 12.1. The van der Waals surface area contributed by atoms with E-state index >= 15 is 0 Å². The smallest absolute Gasteiger partial charge is 0.308 e. The molecule has 1 aliphatic heterocycles. The van der Waals surface area contributed by atoms with Crippen molar-refractivity contribution in [3.63, 3.8) is 0 Å². The van der Waals surface area contributed by atoms with Gasteiger partial charge in [0.25, 0.3) is 0 Å². The molecule has 0 aromatic carbocycles. The Balaban J connectivity index is 2.95. The van der Waals surface area contributed by atoms with Crippen LogP contribution in [0.4, 0.5) is 0 Å². The van der Waals surface area contributed by atoms with Gasteiger partial charge in [-0.2, -0.15) is 0 Å². The van der Waals surface area contributed by atoms with Crippen molar-refractivity contribution in [3.8, 4) is 0 Å². The predicted octanol–water partition coefficient (Wildman–Crippen LogP) is 1.37. The van der Waals surface area contributed by atoms with Crippen molar-refractivity contribution in [2.24, 2.45) is 11.8 Å². The first-order valence-electron chi connectivity index (χ1n) is 6.46. The molecule has 0 aliphatic carbocycles. The lowest BCUT2D eigenvalue weighted by Crippen LogP contribution is -2.57. The standard InChI is InChI=1S/C13H23NO4/c1-5-10(7-18-4)14-9(3)12(13(16)17)8(2)6-11(14)15/h8-10,12H,5-7H2,1-4H3,(H,16,17). The fraction of sp³-hybridized carbons (Fsp3) is 0.846. The number of carbonyl (C=O) groups excluding carboxylic acids is 1. The quantitative estimate of drug-likeness (QED) is 0.807. The highest BCUT2D eigenvalue weighted by atomic mass is 16.5. The summed E-state index contributed by atoms with van der Waals surface area (Å²) in [4.78, 5) is 25.2. The summed E-state index contributed by atoms with van der Waals surface area (Å²) < 4.78 is 5.13. The lowest BCUT2D eigenvalue weighted by atomic mass is 9.80. The maximum atomic E-state index is 12.1. The molecule has 1 amide bonds. The molecular weight excluding hydrogens is 234 g/mol. The molecule has 5 heteroatoms. The van der Waals surface area contributed by atoms with E-state index in [-0.39, 0.29) is 23.9 Å². The molecule has 0 radical (unpaired) electrons. The zero-order valence-electron chi connectivity index (χ0n) is 11.5. The average Bonchev–Trinajstić information content (AvgIpc) is 2.26. The molecular formula is C13H23NO4. The van der Waals surface area contributed by atoms with Crippen LogP contribution < -0.4 is 0 Å². The molecule has 4 atom stereocenters. The van der Waals surface area contributed by atoms with Crippen LogP contribution in [0.2, 0.25) is 0 Å². The molecule has 1 rings (SSSR count). The Hall–Kier alpha value is -1.10. The molecule has 1 N–H and O–H groups in total. The van der Waals surface area contributed by atoms with Crippen LogP contribution in [0.5, 0.6) is 0 Å². The van der Waals surface area contributed by atoms with Crippen molar-refractivity contribution >= 4 is 11.9 Å². The fourth-order valence-corrected chi connectivity index (χ4v) is 2.96. The molecule has 0 spiro atoms. The van der Waals surface area contributed by atoms with Crippen LogP contribution in [-0.2, 0) is 14.3 Å². The number of hydrogen-bond donors (Lipinski definition) is 1. The van der Waals surface area contributed by atoms with E-state index in [0.717, 1.165) is 6.42 Å². The SMILES string of the molecule is CCC(COC)N1C(=O)CC(C)C(C(=O)O)C1C. The van der Waals surface area contributed by atoms with Crippen molar-refractivity contribution in [2.45, 2.75) is 45.7 Å². The highest BCUT2D eigenvalue weighted by Gasteiger charge is 2.43. The van der Waals surface area contributed by atoms with Crippen molar-refractivity contribution < 1.29 is 19.4 Å². The summed E-state index contributed by atoms with van der Waals surface area (Å²) in [6.07, 6.45) is 1.08. The number of ether oxygens (including phenoxy) is 1.